The highest BCUT2D eigenvalue weighted by atomic mass is 35.5. The molecule has 0 heterocycles. The lowest BCUT2D eigenvalue weighted by Gasteiger charge is -2.12. The maximum atomic E-state index is 13.0. The van der Waals surface area contributed by atoms with E-state index in [4.69, 9.17) is 11.6 Å². The highest BCUT2D eigenvalue weighted by molar-refractivity contribution is 7.92. The van der Waals surface area contributed by atoms with E-state index in [1.165, 1.54) is 12.1 Å². The Morgan fingerprint density at radius 1 is 1.09 bits per heavy atom. The number of hydrogen-bond donors (Lipinski definition) is 1. The van der Waals surface area contributed by atoms with Gasteiger partial charge in [0.2, 0.25) is 0 Å². The molecule has 0 aliphatic heterocycles. The maximum Gasteiger partial charge on any atom is 0.573 e. The van der Waals surface area contributed by atoms with Crippen molar-refractivity contribution >= 4 is 27.3 Å². The Kier molecular flexibility index (Phi) is 4.71. The number of halogens is 5. The van der Waals surface area contributed by atoms with Gasteiger partial charge in [0.25, 0.3) is 10.0 Å². The van der Waals surface area contributed by atoms with Gasteiger partial charge in [-0.2, -0.15) is 0 Å². The van der Waals surface area contributed by atoms with E-state index >= 15 is 0 Å². The molecular formula is C13H8ClF4NO3S. The molecule has 2 aromatic carbocycles. The molecule has 0 unspecified atom stereocenters. The van der Waals surface area contributed by atoms with E-state index < -0.39 is 32.8 Å². The molecule has 0 aliphatic rings. The maximum absolute atomic E-state index is 13.0. The molecule has 1 N–H and O–H groups in total. The molecule has 0 aromatic heterocycles. The smallest absolute Gasteiger partial charge is 0.406 e. The van der Waals surface area contributed by atoms with Crippen molar-refractivity contribution < 1.29 is 30.7 Å². The number of anilines is 1. The molecule has 0 amide bonds. The average Bonchev–Trinajstić information content (AvgIpc) is 2.35. The van der Waals surface area contributed by atoms with Gasteiger partial charge >= 0.3 is 6.36 Å². The summed E-state index contributed by atoms with van der Waals surface area (Å²) < 4.78 is 79.4. The topological polar surface area (TPSA) is 55.4 Å². The molecule has 23 heavy (non-hydrogen) atoms. The third kappa shape index (κ3) is 4.73. The van der Waals surface area contributed by atoms with Crippen LogP contribution in [0.5, 0.6) is 5.75 Å². The summed E-state index contributed by atoms with van der Waals surface area (Å²) in [5.74, 6) is -1.32. The number of sulfonamides is 1. The highest BCUT2D eigenvalue weighted by Gasteiger charge is 2.31. The first-order chi connectivity index (χ1) is 10.6. The van der Waals surface area contributed by atoms with E-state index in [0.717, 1.165) is 30.3 Å². The van der Waals surface area contributed by atoms with E-state index in [2.05, 4.69) is 4.74 Å². The van der Waals surface area contributed by atoms with Gasteiger partial charge < -0.3 is 4.74 Å². The number of nitrogens with one attached hydrogen (secondary N) is 1. The van der Waals surface area contributed by atoms with Crippen molar-refractivity contribution in [1.29, 1.82) is 0 Å². The second-order valence-electron chi connectivity index (χ2n) is 4.26. The van der Waals surface area contributed by atoms with Crippen LogP contribution >= 0.6 is 11.6 Å². The lowest BCUT2D eigenvalue weighted by Crippen LogP contribution is -2.17. The van der Waals surface area contributed by atoms with Gasteiger partial charge in [-0.3, -0.25) is 4.72 Å². The Hall–Kier alpha value is -2.00. The van der Waals surface area contributed by atoms with Crippen LogP contribution in [0.15, 0.2) is 47.4 Å². The number of benzene rings is 2. The van der Waals surface area contributed by atoms with Crippen molar-refractivity contribution in [1.82, 2.24) is 0 Å². The van der Waals surface area contributed by atoms with E-state index in [-0.39, 0.29) is 10.7 Å². The second-order valence-corrected chi connectivity index (χ2v) is 6.31. The van der Waals surface area contributed by atoms with Crippen molar-refractivity contribution in [3.8, 4) is 5.75 Å². The van der Waals surface area contributed by atoms with Gasteiger partial charge in [0.05, 0.1) is 10.7 Å². The summed E-state index contributed by atoms with van der Waals surface area (Å²) in [6, 6.07) is 6.89. The fraction of sp³-hybridized carbons (Fsp3) is 0.0769. The molecule has 2 rings (SSSR count). The van der Waals surface area contributed by atoms with Gasteiger partial charge in [0.1, 0.15) is 16.5 Å². The normalized spacial score (nSPS) is 12.0. The summed E-state index contributed by atoms with van der Waals surface area (Å²) in [6.07, 6.45) is -4.90. The molecule has 0 saturated carbocycles. The molecule has 0 atom stereocenters. The fourth-order valence-corrected chi connectivity index (χ4v) is 3.24. The molecule has 124 valence electrons. The third-order valence-electron chi connectivity index (χ3n) is 2.50. The minimum atomic E-state index is -4.90. The molecule has 0 spiro atoms. The largest absolute Gasteiger partial charge is 0.573 e. The van der Waals surface area contributed by atoms with Crippen molar-refractivity contribution in [3.05, 3.63) is 53.3 Å². The van der Waals surface area contributed by atoms with Gasteiger partial charge in [-0.1, -0.05) is 17.7 Å². The van der Waals surface area contributed by atoms with Gasteiger partial charge in [-0.15, -0.1) is 13.2 Å². The molecule has 0 radical (unpaired) electrons. The summed E-state index contributed by atoms with van der Waals surface area (Å²) in [4.78, 5) is -0.414. The summed E-state index contributed by atoms with van der Waals surface area (Å²) in [6.45, 7) is 0. The van der Waals surface area contributed by atoms with E-state index in [1.807, 2.05) is 4.72 Å². The predicted molar refractivity (Wildman–Crippen MR) is 75.3 cm³/mol. The first-order valence-electron chi connectivity index (χ1n) is 5.90. The fourth-order valence-electron chi connectivity index (χ4n) is 1.66. The standard InChI is InChI=1S/C13H8ClF4NO3S/c14-11-6-8(15)4-5-12(11)23(20,21)19-9-2-1-3-10(7-9)22-13(16,17)18/h1-7,19H. The Bertz CT molecular complexity index is 824. The zero-order valence-corrected chi connectivity index (χ0v) is 12.6. The Morgan fingerprint density at radius 3 is 2.39 bits per heavy atom. The summed E-state index contributed by atoms with van der Waals surface area (Å²) in [5.41, 5.74) is -0.174. The molecule has 0 aliphatic carbocycles. The molecule has 0 fully saturated rings. The number of rotatable bonds is 4. The lowest BCUT2D eigenvalue weighted by atomic mass is 10.3. The van der Waals surface area contributed by atoms with Crippen LogP contribution in [0.3, 0.4) is 0 Å². The number of ether oxygens (including phenoxy) is 1. The van der Waals surface area contributed by atoms with Crippen molar-refractivity contribution in [2.75, 3.05) is 4.72 Å². The zero-order chi connectivity index (χ0) is 17.3. The minimum Gasteiger partial charge on any atom is -0.406 e. The van der Waals surface area contributed by atoms with Crippen LogP contribution in [0.1, 0.15) is 0 Å². The first-order valence-corrected chi connectivity index (χ1v) is 7.77. The summed E-state index contributed by atoms with van der Waals surface area (Å²) >= 11 is 5.67. The average molecular weight is 370 g/mol. The molecule has 4 nitrogen and oxygen atoms in total. The number of alkyl halides is 3. The minimum absolute atomic E-state index is 0.174. The Morgan fingerprint density at radius 2 is 1.78 bits per heavy atom. The molecule has 10 heteroatoms. The van der Waals surface area contributed by atoms with Crippen molar-refractivity contribution in [2.24, 2.45) is 0 Å². The van der Waals surface area contributed by atoms with E-state index in [0.29, 0.717) is 0 Å². The lowest BCUT2D eigenvalue weighted by molar-refractivity contribution is -0.274. The molecular weight excluding hydrogens is 362 g/mol. The third-order valence-corrected chi connectivity index (χ3v) is 4.37. The van der Waals surface area contributed by atoms with Gasteiger partial charge in [-0.25, -0.2) is 12.8 Å². The molecule has 0 bridgehead atoms. The number of hydrogen-bond acceptors (Lipinski definition) is 3. The predicted octanol–water partition coefficient (Wildman–Crippen LogP) is 4.18. The first kappa shape index (κ1) is 17.4. The monoisotopic (exact) mass is 369 g/mol. The van der Waals surface area contributed by atoms with Crippen LogP contribution in [-0.2, 0) is 10.0 Å². The summed E-state index contributed by atoms with van der Waals surface area (Å²) in [5, 5.41) is -0.361. The van der Waals surface area contributed by atoms with E-state index in [9.17, 15) is 26.0 Å². The Balaban J connectivity index is 2.29. The van der Waals surface area contributed by atoms with Crippen molar-refractivity contribution in [2.45, 2.75) is 11.3 Å². The SMILES string of the molecule is O=S(=O)(Nc1cccc(OC(F)(F)F)c1)c1ccc(F)cc1Cl. The van der Waals surface area contributed by atoms with Gasteiger partial charge in [-0.05, 0) is 30.3 Å². The highest BCUT2D eigenvalue weighted by Crippen LogP contribution is 2.28. The van der Waals surface area contributed by atoms with Crippen molar-refractivity contribution in [3.63, 3.8) is 0 Å². The Labute approximate surface area is 133 Å². The van der Waals surface area contributed by atoms with Gasteiger partial charge in [0.15, 0.2) is 0 Å². The molecule has 0 saturated heterocycles. The van der Waals surface area contributed by atoms with Crippen LogP contribution in [0, 0.1) is 5.82 Å². The molecule has 2 aromatic rings. The van der Waals surface area contributed by atoms with E-state index in [1.54, 1.807) is 0 Å². The summed E-state index contributed by atoms with van der Waals surface area (Å²) in [7, 11) is -4.21. The van der Waals surface area contributed by atoms with Gasteiger partial charge in [0, 0.05) is 6.07 Å². The second kappa shape index (κ2) is 6.25. The van der Waals surface area contributed by atoms with Crippen LogP contribution in [-0.4, -0.2) is 14.8 Å². The van der Waals surface area contributed by atoms with Crippen LogP contribution < -0.4 is 9.46 Å². The van der Waals surface area contributed by atoms with Crippen LogP contribution in [0.4, 0.5) is 23.2 Å². The van der Waals surface area contributed by atoms with Crippen LogP contribution in [0.2, 0.25) is 5.02 Å². The quantitative estimate of drug-likeness (QED) is 0.823. The zero-order valence-electron chi connectivity index (χ0n) is 11.1. The van der Waals surface area contributed by atoms with Crippen LogP contribution in [0.25, 0.3) is 0 Å².